The van der Waals surface area contributed by atoms with Gasteiger partial charge < -0.3 is 19.9 Å². The van der Waals surface area contributed by atoms with E-state index in [1.54, 1.807) is 20.8 Å². The van der Waals surface area contributed by atoms with Crippen LogP contribution in [0.4, 0.5) is 4.79 Å². The van der Waals surface area contributed by atoms with Crippen LogP contribution >= 0.6 is 0 Å². The van der Waals surface area contributed by atoms with Crippen molar-refractivity contribution in [1.29, 1.82) is 0 Å². The van der Waals surface area contributed by atoms with Gasteiger partial charge in [-0.25, -0.2) is 13.2 Å². The van der Waals surface area contributed by atoms with E-state index in [1.165, 1.54) is 0 Å². The number of alkyl carbamates (subject to hydrolysis) is 1. The summed E-state index contributed by atoms with van der Waals surface area (Å²) in [4.78, 5) is 25.3. The fourth-order valence-corrected chi connectivity index (χ4v) is 5.35. The lowest BCUT2D eigenvalue weighted by Gasteiger charge is -2.24. The first-order valence-corrected chi connectivity index (χ1v) is 11.8. The molecule has 1 saturated heterocycles. The second-order valence-corrected chi connectivity index (χ2v) is 11.0. The van der Waals surface area contributed by atoms with Gasteiger partial charge in [0.05, 0.1) is 11.5 Å². The SMILES string of the molecule is Cn1cc(C[C@@H](NC(=O)OC(C)(C)C)C(=O)NC2CCS(=O)(=O)C2)c2ccccc21. The number of nitrogens with one attached hydrogen (secondary N) is 2. The second-order valence-electron chi connectivity index (χ2n) is 8.79. The summed E-state index contributed by atoms with van der Waals surface area (Å²) in [5, 5.41) is 6.43. The third-order valence-corrected chi connectivity index (χ3v) is 6.76. The molecule has 3 rings (SSSR count). The molecular weight excluding hydrogens is 406 g/mol. The Morgan fingerprint density at radius 2 is 1.97 bits per heavy atom. The fourth-order valence-electron chi connectivity index (χ4n) is 3.68. The molecule has 2 aromatic rings. The molecule has 1 fully saturated rings. The monoisotopic (exact) mass is 435 g/mol. The van der Waals surface area contributed by atoms with Crippen LogP contribution in [0, 0.1) is 0 Å². The molecule has 2 N–H and O–H groups in total. The molecular formula is C21H29N3O5S. The van der Waals surface area contributed by atoms with Gasteiger partial charge in [0.1, 0.15) is 11.6 Å². The number of amides is 2. The Balaban J connectivity index is 1.81. The number of hydrogen-bond donors (Lipinski definition) is 2. The number of benzene rings is 1. The van der Waals surface area contributed by atoms with E-state index in [0.717, 1.165) is 16.5 Å². The van der Waals surface area contributed by atoms with Crippen molar-refractivity contribution in [3.8, 4) is 0 Å². The predicted octanol–water partition coefficient (Wildman–Crippen LogP) is 1.92. The van der Waals surface area contributed by atoms with Crippen LogP contribution in [0.1, 0.15) is 32.8 Å². The van der Waals surface area contributed by atoms with Crippen molar-refractivity contribution in [2.45, 2.75) is 51.3 Å². The maximum absolute atomic E-state index is 13.0. The highest BCUT2D eigenvalue weighted by molar-refractivity contribution is 7.91. The zero-order chi connectivity index (χ0) is 22.1. The van der Waals surface area contributed by atoms with Crippen LogP contribution in [-0.4, -0.2) is 54.2 Å². The van der Waals surface area contributed by atoms with Crippen LogP contribution in [0.2, 0.25) is 0 Å². The van der Waals surface area contributed by atoms with Gasteiger partial charge in [-0.1, -0.05) is 18.2 Å². The van der Waals surface area contributed by atoms with Gasteiger partial charge in [-0.15, -0.1) is 0 Å². The zero-order valence-electron chi connectivity index (χ0n) is 17.8. The van der Waals surface area contributed by atoms with Crippen LogP contribution < -0.4 is 10.6 Å². The van der Waals surface area contributed by atoms with Crippen LogP contribution in [0.5, 0.6) is 0 Å². The second kappa shape index (κ2) is 8.29. The molecule has 0 bridgehead atoms. The molecule has 164 valence electrons. The number of carbonyl (C=O) groups is 2. The third kappa shape index (κ3) is 5.53. The minimum absolute atomic E-state index is 0.0609. The molecule has 1 aliphatic rings. The number of nitrogens with zero attached hydrogens (tertiary/aromatic N) is 1. The average molecular weight is 436 g/mol. The Labute approximate surface area is 176 Å². The van der Waals surface area contributed by atoms with Crippen molar-refractivity contribution in [3.63, 3.8) is 0 Å². The smallest absolute Gasteiger partial charge is 0.408 e. The highest BCUT2D eigenvalue weighted by Gasteiger charge is 2.32. The summed E-state index contributed by atoms with van der Waals surface area (Å²) < 4.78 is 30.7. The van der Waals surface area contributed by atoms with E-state index in [1.807, 2.05) is 42.1 Å². The molecule has 2 atom stereocenters. The van der Waals surface area contributed by atoms with Gasteiger partial charge in [-0.2, -0.15) is 0 Å². The van der Waals surface area contributed by atoms with E-state index in [4.69, 9.17) is 4.74 Å². The Kier molecular flexibility index (Phi) is 6.12. The molecule has 1 aromatic heterocycles. The molecule has 2 heterocycles. The number of aryl methyl sites for hydroxylation is 1. The third-order valence-electron chi connectivity index (χ3n) is 4.99. The molecule has 8 nitrogen and oxygen atoms in total. The highest BCUT2D eigenvalue weighted by Crippen LogP contribution is 2.22. The van der Waals surface area contributed by atoms with E-state index >= 15 is 0 Å². The fraction of sp³-hybridized carbons (Fsp3) is 0.524. The van der Waals surface area contributed by atoms with Gasteiger partial charge in [0.25, 0.3) is 0 Å². The normalized spacial score (nSPS) is 19.4. The molecule has 0 aliphatic carbocycles. The van der Waals surface area contributed by atoms with Crippen LogP contribution in [-0.2, 0) is 32.8 Å². The number of fused-ring (bicyclic) bond motifs is 1. The van der Waals surface area contributed by atoms with Crippen LogP contribution in [0.15, 0.2) is 30.5 Å². The van der Waals surface area contributed by atoms with Crippen molar-refractivity contribution in [2.75, 3.05) is 11.5 Å². The topological polar surface area (TPSA) is 106 Å². The summed E-state index contributed by atoms with van der Waals surface area (Å²) in [6, 6.07) is 6.48. The van der Waals surface area contributed by atoms with Crippen LogP contribution in [0.25, 0.3) is 10.9 Å². The Bertz CT molecular complexity index is 1050. The van der Waals surface area contributed by atoms with Crippen molar-refractivity contribution in [2.24, 2.45) is 7.05 Å². The summed E-state index contributed by atoms with van der Waals surface area (Å²) in [5.74, 6) is -0.437. The molecule has 1 unspecified atom stereocenters. The van der Waals surface area contributed by atoms with Gasteiger partial charge in [-0.05, 0) is 38.8 Å². The van der Waals surface area contributed by atoms with Gasteiger partial charge in [0.2, 0.25) is 5.91 Å². The lowest BCUT2D eigenvalue weighted by Crippen LogP contribution is -2.51. The summed E-state index contributed by atoms with van der Waals surface area (Å²) >= 11 is 0. The van der Waals surface area contributed by atoms with Crippen LogP contribution in [0.3, 0.4) is 0 Å². The van der Waals surface area contributed by atoms with E-state index in [9.17, 15) is 18.0 Å². The maximum atomic E-state index is 13.0. The number of aromatic nitrogens is 1. The molecule has 0 radical (unpaired) electrons. The van der Waals surface area contributed by atoms with E-state index < -0.39 is 39.5 Å². The van der Waals surface area contributed by atoms with Crippen molar-refractivity contribution >= 4 is 32.7 Å². The number of sulfone groups is 1. The molecule has 9 heteroatoms. The highest BCUT2D eigenvalue weighted by atomic mass is 32.2. The number of carbonyl (C=O) groups excluding carboxylic acids is 2. The Hall–Kier alpha value is -2.55. The number of rotatable bonds is 5. The molecule has 2 amide bonds. The summed E-state index contributed by atoms with van der Waals surface area (Å²) in [6.07, 6.45) is 1.87. The lowest BCUT2D eigenvalue weighted by atomic mass is 10.0. The van der Waals surface area contributed by atoms with Crippen molar-refractivity contribution in [1.82, 2.24) is 15.2 Å². The quantitative estimate of drug-likeness (QED) is 0.746. The average Bonchev–Trinajstić information content (AvgIpc) is 3.12. The largest absolute Gasteiger partial charge is 0.444 e. The van der Waals surface area contributed by atoms with E-state index in [2.05, 4.69) is 10.6 Å². The minimum atomic E-state index is -3.13. The maximum Gasteiger partial charge on any atom is 0.408 e. The van der Waals surface area contributed by atoms with Crippen molar-refractivity contribution < 1.29 is 22.7 Å². The summed E-state index contributed by atoms with van der Waals surface area (Å²) in [5.41, 5.74) is 1.22. The number of hydrogen-bond acceptors (Lipinski definition) is 5. The number of para-hydroxylation sites is 1. The standard InChI is InChI=1S/C21H29N3O5S/c1-21(2,3)29-20(26)23-17(19(25)22-15-9-10-30(27,28)13-15)11-14-12-24(4)18-8-6-5-7-16(14)18/h5-8,12,15,17H,9-11,13H2,1-4H3,(H,22,25)(H,23,26)/t15?,17-/m1/s1. The van der Waals surface area contributed by atoms with Crippen molar-refractivity contribution in [3.05, 3.63) is 36.0 Å². The first-order chi connectivity index (χ1) is 13.9. The Morgan fingerprint density at radius 3 is 2.60 bits per heavy atom. The molecule has 0 saturated carbocycles. The van der Waals surface area contributed by atoms with Gasteiger partial charge in [-0.3, -0.25) is 4.79 Å². The minimum Gasteiger partial charge on any atom is -0.444 e. The van der Waals surface area contributed by atoms with Gasteiger partial charge >= 0.3 is 6.09 Å². The zero-order valence-corrected chi connectivity index (χ0v) is 18.6. The molecule has 30 heavy (non-hydrogen) atoms. The van der Waals surface area contributed by atoms with Gasteiger partial charge in [0, 0.05) is 36.6 Å². The predicted molar refractivity (Wildman–Crippen MR) is 115 cm³/mol. The molecule has 1 aliphatic heterocycles. The van der Waals surface area contributed by atoms with E-state index in [-0.39, 0.29) is 17.9 Å². The summed E-state index contributed by atoms with van der Waals surface area (Å²) in [7, 11) is -1.21. The first-order valence-electron chi connectivity index (χ1n) is 9.97. The first kappa shape index (κ1) is 22.1. The van der Waals surface area contributed by atoms with Gasteiger partial charge in [0.15, 0.2) is 9.84 Å². The summed E-state index contributed by atoms with van der Waals surface area (Å²) in [6.45, 7) is 5.24. The lowest BCUT2D eigenvalue weighted by molar-refractivity contribution is -0.123. The Morgan fingerprint density at radius 1 is 1.27 bits per heavy atom. The molecule has 0 spiro atoms. The number of ether oxygens (including phenoxy) is 1. The van der Waals surface area contributed by atoms with E-state index in [0.29, 0.717) is 6.42 Å². The molecule has 1 aromatic carbocycles.